The Labute approximate surface area is 130 Å². The lowest BCUT2D eigenvalue weighted by Gasteiger charge is -2.45. The molecule has 2 saturated heterocycles. The molecule has 2 aliphatic heterocycles. The Kier molecular flexibility index (Phi) is 6.27. The van der Waals surface area contributed by atoms with Gasteiger partial charge < -0.3 is 55.1 Å². The number of aliphatic hydroxyl groups excluding tert-OH is 8. The molecule has 0 aromatic rings. The molecular weight excluding hydrogens is 320 g/mol. The Morgan fingerprint density at radius 2 is 1.22 bits per heavy atom. The van der Waals surface area contributed by atoms with Crippen LogP contribution in [-0.4, -0.2) is 115 Å². The van der Waals surface area contributed by atoms with Gasteiger partial charge in [-0.05, 0) is 0 Å². The molecule has 23 heavy (non-hydrogen) atoms. The Balaban J connectivity index is 2.11. The molecule has 0 aromatic carbocycles. The van der Waals surface area contributed by atoms with Gasteiger partial charge in [0, 0.05) is 0 Å². The van der Waals surface area contributed by atoms with Gasteiger partial charge in [0.05, 0.1) is 13.2 Å². The maximum atomic E-state index is 10.00. The number of ether oxygens (including phenoxy) is 3. The lowest BCUT2D eigenvalue weighted by Crippen LogP contribution is -2.64. The standard InChI is InChI=1S/C12H22O11/c13-1-3-5(15)7(17)8(18)12(22-3)23-10-6(16)4(2-14)21-11(20)9(10)19/h3-20H,1-2H2/t3-,4+,5+,6+,7-,8+,9+,10-,11-,12+/m0/s1. The van der Waals surface area contributed by atoms with Gasteiger partial charge in [-0.3, -0.25) is 0 Å². The van der Waals surface area contributed by atoms with Crippen molar-refractivity contribution < 1.29 is 55.1 Å². The molecule has 2 heterocycles. The predicted octanol–water partition coefficient (Wildman–Crippen LogP) is -5.40. The minimum atomic E-state index is -1.76. The average molecular weight is 342 g/mol. The minimum Gasteiger partial charge on any atom is -0.394 e. The highest BCUT2D eigenvalue weighted by atomic mass is 16.7. The van der Waals surface area contributed by atoms with E-state index in [0.29, 0.717) is 0 Å². The summed E-state index contributed by atoms with van der Waals surface area (Å²) in [5.41, 5.74) is 0. The monoisotopic (exact) mass is 342 g/mol. The Hall–Kier alpha value is -0.440. The summed E-state index contributed by atoms with van der Waals surface area (Å²) in [6, 6.07) is 0. The van der Waals surface area contributed by atoms with Gasteiger partial charge in [0.25, 0.3) is 0 Å². The third-order valence-corrected chi connectivity index (χ3v) is 3.98. The summed E-state index contributed by atoms with van der Waals surface area (Å²) < 4.78 is 15.1. The van der Waals surface area contributed by atoms with Crippen molar-refractivity contribution in [2.75, 3.05) is 13.2 Å². The van der Waals surface area contributed by atoms with Crippen LogP contribution in [0.2, 0.25) is 0 Å². The van der Waals surface area contributed by atoms with Crippen LogP contribution in [0.5, 0.6) is 0 Å². The van der Waals surface area contributed by atoms with Crippen LogP contribution in [0.1, 0.15) is 0 Å². The zero-order valence-corrected chi connectivity index (χ0v) is 12.0. The zero-order chi connectivity index (χ0) is 17.3. The van der Waals surface area contributed by atoms with Crippen LogP contribution < -0.4 is 0 Å². The topological polar surface area (TPSA) is 190 Å². The first-order chi connectivity index (χ1) is 10.8. The first-order valence-electron chi connectivity index (χ1n) is 7.08. The van der Waals surface area contributed by atoms with Gasteiger partial charge in [0.2, 0.25) is 0 Å². The van der Waals surface area contributed by atoms with Gasteiger partial charge in [-0.1, -0.05) is 0 Å². The second-order valence-corrected chi connectivity index (χ2v) is 5.53. The molecule has 10 atom stereocenters. The molecule has 0 unspecified atom stereocenters. The summed E-state index contributed by atoms with van der Waals surface area (Å²) in [4.78, 5) is 0. The highest BCUT2D eigenvalue weighted by Gasteiger charge is 2.50. The van der Waals surface area contributed by atoms with Crippen molar-refractivity contribution in [3.63, 3.8) is 0 Å². The van der Waals surface area contributed by atoms with Gasteiger partial charge in [0.1, 0.15) is 48.8 Å². The van der Waals surface area contributed by atoms with E-state index in [1.165, 1.54) is 0 Å². The third-order valence-electron chi connectivity index (χ3n) is 3.98. The molecule has 0 bridgehead atoms. The highest BCUT2D eigenvalue weighted by Crippen LogP contribution is 2.28. The Morgan fingerprint density at radius 3 is 1.78 bits per heavy atom. The summed E-state index contributed by atoms with van der Waals surface area (Å²) in [6.45, 7) is -1.34. The summed E-state index contributed by atoms with van der Waals surface area (Å²) >= 11 is 0. The van der Waals surface area contributed by atoms with Crippen LogP contribution in [0.15, 0.2) is 0 Å². The lowest BCUT2D eigenvalue weighted by molar-refractivity contribution is -0.355. The van der Waals surface area contributed by atoms with Crippen molar-refractivity contribution in [1.29, 1.82) is 0 Å². The van der Waals surface area contributed by atoms with Crippen LogP contribution in [0.4, 0.5) is 0 Å². The molecule has 0 radical (unpaired) electrons. The van der Waals surface area contributed by atoms with Crippen LogP contribution >= 0.6 is 0 Å². The smallest absolute Gasteiger partial charge is 0.187 e. The number of hydrogen-bond acceptors (Lipinski definition) is 11. The molecule has 0 aromatic heterocycles. The van der Waals surface area contributed by atoms with Gasteiger partial charge in [0.15, 0.2) is 12.6 Å². The van der Waals surface area contributed by atoms with Gasteiger partial charge in [-0.25, -0.2) is 0 Å². The molecule has 11 nitrogen and oxygen atoms in total. The molecule has 0 amide bonds. The van der Waals surface area contributed by atoms with E-state index in [0.717, 1.165) is 0 Å². The molecule has 2 aliphatic rings. The lowest BCUT2D eigenvalue weighted by atomic mass is 9.97. The molecule has 2 rings (SSSR count). The van der Waals surface area contributed by atoms with Gasteiger partial charge in [-0.2, -0.15) is 0 Å². The van der Waals surface area contributed by atoms with Crippen molar-refractivity contribution in [3.05, 3.63) is 0 Å². The fourth-order valence-corrected chi connectivity index (χ4v) is 2.56. The van der Waals surface area contributed by atoms with E-state index in [9.17, 15) is 30.6 Å². The molecule has 136 valence electrons. The van der Waals surface area contributed by atoms with E-state index in [4.69, 9.17) is 24.4 Å². The normalized spacial score (nSPS) is 51.7. The molecule has 11 heteroatoms. The molecule has 8 N–H and O–H groups in total. The zero-order valence-electron chi connectivity index (χ0n) is 12.0. The van der Waals surface area contributed by atoms with Crippen LogP contribution in [-0.2, 0) is 14.2 Å². The van der Waals surface area contributed by atoms with Crippen LogP contribution in [0, 0.1) is 0 Å². The predicted molar refractivity (Wildman–Crippen MR) is 68.6 cm³/mol. The Bertz CT molecular complexity index is 380. The van der Waals surface area contributed by atoms with Crippen molar-refractivity contribution in [1.82, 2.24) is 0 Å². The number of hydrogen-bond donors (Lipinski definition) is 8. The van der Waals surface area contributed by atoms with E-state index in [2.05, 4.69) is 0 Å². The SMILES string of the molecule is OC[C@@H]1O[C@H](O[C@@H]2[C@@H](O)[C@@H](O)O[C@H](CO)[C@H]2O)[C@H](O)[C@@H](O)[C@@H]1O. The average Bonchev–Trinajstić information content (AvgIpc) is 2.54. The molecule has 2 fully saturated rings. The highest BCUT2D eigenvalue weighted by molar-refractivity contribution is 4.93. The minimum absolute atomic E-state index is 0.667. The second kappa shape index (κ2) is 7.63. The quantitative estimate of drug-likeness (QED) is 0.243. The fourth-order valence-electron chi connectivity index (χ4n) is 2.56. The largest absolute Gasteiger partial charge is 0.394 e. The summed E-state index contributed by atoms with van der Waals surface area (Å²) in [7, 11) is 0. The van der Waals surface area contributed by atoms with Crippen LogP contribution in [0.3, 0.4) is 0 Å². The van der Waals surface area contributed by atoms with Gasteiger partial charge in [-0.15, -0.1) is 0 Å². The number of rotatable bonds is 4. The van der Waals surface area contributed by atoms with Gasteiger partial charge >= 0.3 is 0 Å². The van der Waals surface area contributed by atoms with E-state index >= 15 is 0 Å². The molecule has 0 saturated carbocycles. The van der Waals surface area contributed by atoms with Crippen molar-refractivity contribution in [3.8, 4) is 0 Å². The first-order valence-corrected chi connectivity index (χ1v) is 7.08. The first kappa shape index (κ1) is 18.9. The van der Waals surface area contributed by atoms with Crippen molar-refractivity contribution in [2.45, 2.75) is 61.4 Å². The Morgan fingerprint density at radius 1 is 0.652 bits per heavy atom. The van der Waals surface area contributed by atoms with E-state index in [-0.39, 0.29) is 0 Å². The molecular formula is C12H22O11. The maximum Gasteiger partial charge on any atom is 0.187 e. The molecule has 0 aliphatic carbocycles. The third kappa shape index (κ3) is 3.65. The number of aliphatic hydroxyl groups is 8. The van der Waals surface area contributed by atoms with E-state index in [1.54, 1.807) is 0 Å². The van der Waals surface area contributed by atoms with Crippen LogP contribution in [0.25, 0.3) is 0 Å². The van der Waals surface area contributed by atoms with E-state index < -0.39 is 74.6 Å². The second-order valence-electron chi connectivity index (χ2n) is 5.53. The van der Waals surface area contributed by atoms with Crippen molar-refractivity contribution >= 4 is 0 Å². The van der Waals surface area contributed by atoms with E-state index in [1.807, 2.05) is 0 Å². The summed E-state index contributed by atoms with van der Waals surface area (Å²) in [6.07, 6.45) is -15.7. The molecule has 0 spiro atoms. The summed E-state index contributed by atoms with van der Waals surface area (Å²) in [5.74, 6) is 0. The maximum absolute atomic E-state index is 10.00. The van der Waals surface area contributed by atoms with Crippen molar-refractivity contribution in [2.24, 2.45) is 0 Å². The fraction of sp³-hybridized carbons (Fsp3) is 1.00. The summed E-state index contributed by atoms with van der Waals surface area (Å²) in [5, 5.41) is 76.8.